The Hall–Kier alpha value is -6.43. The number of hydrogen-bond acceptors (Lipinski definition) is 4. The van der Waals surface area contributed by atoms with E-state index in [1.807, 2.05) is 103 Å². The molecule has 0 fully saturated rings. The van der Waals surface area contributed by atoms with E-state index in [0.717, 1.165) is 38.6 Å². The molecule has 0 radical (unpaired) electrons. The van der Waals surface area contributed by atoms with Crippen molar-refractivity contribution in [3.63, 3.8) is 0 Å². The molecular formula is C45H28N4S. The van der Waals surface area contributed by atoms with Crippen LogP contribution in [0.2, 0.25) is 0 Å². The Balaban J connectivity index is 1.34. The van der Waals surface area contributed by atoms with Crippen molar-refractivity contribution in [3.05, 3.63) is 170 Å². The van der Waals surface area contributed by atoms with Crippen molar-refractivity contribution in [2.45, 2.75) is 0 Å². The van der Waals surface area contributed by atoms with Crippen molar-refractivity contribution in [3.8, 4) is 51.0 Å². The molecule has 0 unspecified atom stereocenters. The van der Waals surface area contributed by atoms with Gasteiger partial charge in [-0.3, -0.25) is 0 Å². The lowest BCUT2D eigenvalue weighted by Crippen LogP contribution is -2.02. The Kier molecular flexibility index (Phi) is 5.35. The monoisotopic (exact) mass is 662 g/mol. The third-order valence-electron chi connectivity index (χ3n) is 9.03. The van der Waals surface area contributed by atoms with Crippen LogP contribution in [0.5, 0.6) is 0 Å². The van der Waals surface area contributed by atoms with Gasteiger partial charge in [0.05, 0.1) is 24.9 Å². The second kappa shape index (κ2) is 11.6. The summed E-state index contributed by atoms with van der Waals surface area (Å²) in [6.45, 7) is 0. The zero-order valence-electron chi connectivity index (χ0n) is 32.4. The quantitative estimate of drug-likeness (QED) is 0.184. The molecule has 0 aliphatic carbocycles. The van der Waals surface area contributed by atoms with Gasteiger partial charge in [0.25, 0.3) is 0 Å². The summed E-state index contributed by atoms with van der Waals surface area (Å²) in [6, 6.07) is 42.2. The Morgan fingerprint density at radius 3 is 1.70 bits per heavy atom. The average Bonchev–Trinajstić information content (AvgIpc) is 3.80. The molecule has 0 saturated carbocycles. The number of thiophene rings is 1. The lowest BCUT2D eigenvalue weighted by molar-refractivity contribution is 1.07. The summed E-state index contributed by atoms with van der Waals surface area (Å²) >= 11 is 1.22. The van der Waals surface area contributed by atoms with E-state index >= 15 is 0 Å². The van der Waals surface area contributed by atoms with Gasteiger partial charge in [-0.1, -0.05) is 133 Å². The first-order valence-electron chi connectivity index (χ1n) is 19.2. The summed E-state index contributed by atoms with van der Waals surface area (Å²) in [5.41, 5.74) is 5.91. The third-order valence-corrected chi connectivity index (χ3v) is 10.2. The molecule has 0 aliphatic heterocycles. The van der Waals surface area contributed by atoms with Crippen LogP contribution >= 0.6 is 11.3 Å². The minimum Gasteiger partial charge on any atom is -0.309 e. The van der Waals surface area contributed by atoms with Gasteiger partial charge in [0.2, 0.25) is 0 Å². The molecule has 3 aromatic heterocycles. The SMILES string of the molecule is [2H]c1cc([2H])c2sc3c(-c4cc(-c5nc(-c6ccccc6)nc(-c6ccccc6)n5)ccc4-n4c5ccccc5c5ccccc54)c([2H])c([2H])c([2H])c3c2c1[2H]. The van der Waals surface area contributed by atoms with Crippen molar-refractivity contribution in [2.75, 3.05) is 0 Å². The number of nitrogens with zero attached hydrogens (tertiary/aromatic N) is 4. The second-order valence-electron chi connectivity index (χ2n) is 12.0. The molecule has 4 nitrogen and oxygen atoms in total. The molecule has 10 aromatic rings. The highest BCUT2D eigenvalue weighted by atomic mass is 32.1. The van der Waals surface area contributed by atoms with E-state index in [4.69, 9.17) is 21.8 Å². The van der Waals surface area contributed by atoms with Gasteiger partial charge in [-0.2, -0.15) is 0 Å². The lowest BCUT2D eigenvalue weighted by atomic mass is 9.98. The smallest absolute Gasteiger partial charge is 0.164 e. The number of rotatable bonds is 5. The molecule has 234 valence electrons. The van der Waals surface area contributed by atoms with Gasteiger partial charge < -0.3 is 4.57 Å². The molecule has 3 heterocycles. The van der Waals surface area contributed by atoms with E-state index in [9.17, 15) is 1.37 Å². The van der Waals surface area contributed by atoms with Crippen molar-refractivity contribution in [1.82, 2.24) is 19.5 Å². The Bertz CT molecular complexity index is 3110. The molecule has 0 spiro atoms. The fourth-order valence-electron chi connectivity index (χ4n) is 6.75. The van der Waals surface area contributed by atoms with Crippen LogP contribution in [0.3, 0.4) is 0 Å². The van der Waals surface area contributed by atoms with Gasteiger partial charge in [0.15, 0.2) is 17.5 Å². The second-order valence-corrected chi connectivity index (χ2v) is 13.0. The van der Waals surface area contributed by atoms with E-state index in [0.29, 0.717) is 48.9 Å². The first kappa shape index (κ1) is 23.0. The minimum atomic E-state index is -0.301. The predicted octanol–water partition coefficient (Wildman–Crippen LogP) is 12.0. The van der Waals surface area contributed by atoms with Crippen LogP contribution in [0, 0.1) is 0 Å². The van der Waals surface area contributed by atoms with Gasteiger partial charge in [0, 0.05) is 58.8 Å². The Morgan fingerprint density at radius 1 is 0.460 bits per heavy atom. The van der Waals surface area contributed by atoms with Crippen molar-refractivity contribution in [2.24, 2.45) is 0 Å². The van der Waals surface area contributed by atoms with Gasteiger partial charge in [-0.25, -0.2) is 15.0 Å². The zero-order chi connectivity index (χ0) is 38.2. The van der Waals surface area contributed by atoms with Gasteiger partial charge in [0.1, 0.15) is 0 Å². The van der Waals surface area contributed by atoms with Crippen molar-refractivity contribution >= 4 is 53.3 Å². The van der Waals surface area contributed by atoms with E-state index in [2.05, 4.69) is 28.8 Å². The molecule has 0 bridgehead atoms. The van der Waals surface area contributed by atoms with Crippen LogP contribution in [0.25, 0.3) is 93.0 Å². The highest BCUT2D eigenvalue weighted by Crippen LogP contribution is 2.44. The fourth-order valence-corrected chi connectivity index (χ4v) is 7.85. The normalized spacial score (nSPS) is 13.3. The fraction of sp³-hybridized carbons (Fsp3) is 0. The van der Waals surface area contributed by atoms with E-state index in [1.165, 1.54) is 17.4 Å². The largest absolute Gasteiger partial charge is 0.309 e. The van der Waals surface area contributed by atoms with E-state index < -0.39 is 0 Å². The molecule has 0 aliphatic rings. The Morgan fingerprint density at radius 2 is 1.04 bits per heavy atom. The van der Waals surface area contributed by atoms with Gasteiger partial charge in [-0.15, -0.1) is 11.3 Å². The molecule has 0 N–H and O–H groups in total. The highest BCUT2D eigenvalue weighted by Gasteiger charge is 2.20. The highest BCUT2D eigenvalue weighted by molar-refractivity contribution is 7.26. The molecule has 0 saturated heterocycles. The van der Waals surface area contributed by atoms with Gasteiger partial charge in [-0.05, 0) is 36.4 Å². The molecule has 0 amide bonds. The summed E-state index contributed by atoms with van der Waals surface area (Å²) in [4.78, 5) is 14.9. The van der Waals surface area contributed by atoms with Crippen LogP contribution in [0.4, 0.5) is 0 Å². The number of para-hydroxylation sites is 2. The van der Waals surface area contributed by atoms with Crippen LogP contribution < -0.4 is 0 Å². The molecule has 7 aromatic carbocycles. The summed E-state index contributed by atoms with van der Waals surface area (Å²) in [7, 11) is 0. The topological polar surface area (TPSA) is 43.6 Å². The van der Waals surface area contributed by atoms with Crippen molar-refractivity contribution < 1.29 is 8.22 Å². The maximum atomic E-state index is 9.51. The van der Waals surface area contributed by atoms with Crippen molar-refractivity contribution in [1.29, 1.82) is 0 Å². The summed E-state index contributed by atoms with van der Waals surface area (Å²) < 4.78 is 56.9. The number of benzene rings is 7. The van der Waals surface area contributed by atoms with Gasteiger partial charge >= 0.3 is 0 Å². The maximum absolute atomic E-state index is 9.51. The minimum absolute atomic E-state index is 0.0639. The summed E-state index contributed by atoms with van der Waals surface area (Å²) in [5.74, 6) is 1.41. The maximum Gasteiger partial charge on any atom is 0.164 e. The number of aromatic nitrogens is 4. The third kappa shape index (κ3) is 4.63. The van der Waals surface area contributed by atoms with Crippen LogP contribution in [-0.2, 0) is 0 Å². The molecule has 50 heavy (non-hydrogen) atoms. The summed E-state index contributed by atoms with van der Waals surface area (Å²) in [6.07, 6.45) is 0. The molecule has 5 heteroatoms. The van der Waals surface area contributed by atoms with E-state index in [1.54, 1.807) is 0 Å². The van der Waals surface area contributed by atoms with Crippen LogP contribution in [0.15, 0.2) is 170 Å². The summed E-state index contributed by atoms with van der Waals surface area (Å²) in [5, 5.41) is 2.69. The molecule has 0 atom stereocenters. The molecular weight excluding hydrogens is 629 g/mol. The van der Waals surface area contributed by atoms with Crippen LogP contribution in [-0.4, -0.2) is 19.5 Å². The first-order chi connectivity index (χ1) is 27.3. The first-order valence-corrected chi connectivity index (χ1v) is 17.0. The zero-order valence-corrected chi connectivity index (χ0v) is 27.2. The standard InChI is InChI=1S/C45H28N4S/c1-3-14-29(15-4-1)43-46-44(30-16-5-2-6-17-30)48-45(47-43)31-26-27-40(49-38-23-10-7-18-32(38)33-19-8-11-24-39(33)49)37(28-31)36-22-13-21-35-34-20-9-12-25-41(34)50-42(35)36/h1-28H/i9D,13D,20D,21D,22D,25D. The van der Waals surface area contributed by atoms with Crippen LogP contribution in [0.1, 0.15) is 8.22 Å². The molecule has 10 rings (SSSR count). The average molecular weight is 663 g/mol. The predicted molar refractivity (Wildman–Crippen MR) is 209 cm³/mol. The van der Waals surface area contributed by atoms with E-state index in [-0.39, 0.29) is 41.6 Å². The Labute approximate surface area is 301 Å². The number of fused-ring (bicyclic) bond motifs is 6. The lowest BCUT2D eigenvalue weighted by Gasteiger charge is -2.17. The number of hydrogen-bond donors (Lipinski definition) is 0.